The molecule has 5 heteroatoms. The van der Waals surface area contributed by atoms with Crippen molar-refractivity contribution in [2.75, 3.05) is 12.4 Å². The van der Waals surface area contributed by atoms with Crippen LogP contribution in [-0.2, 0) is 12.8 Å². The molecule has 0 aliphatic heterocycles. The van der Waals surface area contributed by atoms with Crippen LogP contribution in [0.15, 0.2) is 35.9 Å². The summed E-state index contributed by atoms with van der Waals surface area (Å²) in [6, 6.07) is 4.00. The molecule has 0 fully saturated rings. The second-order valence-electron chi connectivity index (χ2n) is 3.40. The topological polar surface area (TPSA) is 42.7 Å². The molecule has 0 spiro atoms. The van der Waals surface area contributed by atoms with Crippen LogP contribution < -0.4 is 5.32 Å². The summed E-state index contributed by atoms with van der Waals surface area (Å²) >= 11 is 1.69. The summed E-state index contributed by atoms with van der Waals surface area (Å²) in [5.74, 6) is 0.834. The zero-order chi connectivity index (χ0) is 11.4. The quantitative estimate of drug-likeness (QED) is 0.823. The molecule has 2 aromatic heterocycles. The first kappa shape index (κ1) is 11.0. The summed E-state index contributed by atoms with van der Waals surface area (Å²) < 4.78 is 2.01. The molecule has 0 aromatic carbocycles. The molecular formula is C11H14N4S. The van der Waals surface area contributed by atoms with Gasteiger partial charge in [-0.05, 0) is 12.1 Å². The highest BCUT2D eigenvalue weighted by atomic mass is 32.2. The largest absolute Gasteiger partial charge is 0.388 e. The number of hydrogen-bond donors (Lipinski definition) is 1. The fraction of sp³-hybridized carbons (Fsp3) is 0.273. The number of aromatic nitrogens is 3. The lowest BCUT2D eigenvalue weighted by atomic mass is 10.3. The Hall–Kier alpha value is -1.49. The van der Waals surface area contributed by atoms with Gasteiger partial charge in [-0.2, -0.15) is 0 Å². The third-order valence-electron chi connectivity index (χ3n) is 2.23. The second kappa shape index (κ2) is 5.03. The van der Waals surface area contributed by atoms with Crippen LogP contribution in [0.4, 0.5) is 5.69 Å². The van der Waals surface area contributed by atoms with Crippen LogP contribution in [0.1, 0.15) is 5.69 Å². The molecule has 0 radical (unpaired) electrons. The van der Waals surface area contributed by atoms with Crippen molar-refractivity contribution >= 4 is 17.4 Å². The van der Waals surface area contributed by atoms with Crippen molar-refractivity contribution in [2.45, 2.75) is 10.9 Å². The Balaban J connectivity index is 2.02. The Labute approximate surface area is 99.1 Å². The molecule has 0 amide bonds. The SMILES string of the molecule is CNc1ccnc(CSc2nccn2C)c1. The minimum Gasteiger partial charge on any atom is -0.388 e. The van der Waals surface area contributed by atoms with Crippen molar-refractivity contribution in [1.29, 1.82) is 0 Å². The maximum Gasteiger partial charge on any atom is 0.168 e. The van der Waals surface area contributed by atoms with Crippen molar-refractivity contribution in [3.05, 3.63) is 36.4 Å². The molecule has 2 aromatic rings. The number of anilines is 1. The van der Waals surface area contributed by atoms with Crippen molar-refractivity contribution in [3.8, 4) is 0 Å². The molecular weight excluding hydrogens is 220 g/mol. The normalized spacial score (nSPS) is 10.4. The van der Waals surface area contributed by atoms with Crippen LogP contribution in [0, 0.1) is 0 Å². The Morgan fingerprint density at radius 2 is 2.25 bits per heavy atom. The van der Waals surface area contributed by atoms with E-state index in [-0.39, 0.29) is 0 Å². The Morgan fingerprint density at radius 1 is 1.38 bits per heavy atom. The highest BCUT2D eigenvalue weighted by molar-refractivity contribution is 7.98. The van der Waals surface area contributed by atoms with Gasteiger partial charge in [0, 0.05) is 44.1 Å². The summed E-state index contributed by atoms with van der Waals surface area (Å²) in [5, 5.41) is 4.11. The van der Waals surface area contributed by atoms with Gasteiger partial charge in [-0.25, -0.2) is 4.98 Å². The molecule has 0 aliphatic rings. The summed E-state index contributed by atoms with van der Waals surface area (Å²) in [6.07, 6.45) is 5.57. The summed E-state index contributed by atoms with van der Waals surface area (Å²) in [6.45, 7) is 0. The van der Waals surface area contributed by atoms with Crippen molar-refractivity contribution in [3.63, 3.8) is 0 Å². The van der Waals surface area contributed by atoms with E-state index in [1.165, 1.54) is 0 Å². The molecule has 0 aliphatic carbocycles. The number of aryl methyl sites for hydroxylation is 1. The van der Waals surface area contributed by atoms with Crippen LogP contribution in [0.25, 0.3) is 0 Å². The van der Waals surface area contributed by atoms with Gasteiger partial charge < -0.3 is 9.88 Å². The van der Waals surface area contributed by atoms with E-state index in [1.54, 1.807) is 18.0 Å². The fourth-order valence-electron chi connectivity index (χ4n) is 1.34. The highest BCUT2D eigenvalue weighted by Gasteiger charge is 2.02. The van der Waals surface area contributed by atoms with E-state index in [2.05, 4.69) is 21.4 Å². The van der Waals surface area contributed by atoms with Gasteiger partial charge in [0.1, 0.15) is 0 Å². The smallest absolute Gasteiger partial charge is 0.168 e. The standard InChI is InChI=1S/C11H14N4S/c1-12-9-3-4-13-10(7-9)8-16-11-14-5-6-15(11)2/h3-7H,8H2,1-2H3,(H,12,13). The van der Waals surface area contributed by atoms with Crippen LogP contribution in [-0.4, -0.2) is 21.6 Å². The van der Waals surface area contributed by atoms with E-state index in [0.717, 1.165) is 22.3 Å². The van der Waals surface area contributed by atoms with Gasteiger partial charge in [0.15, 0.2) is 5.16 Å². The third kappa shape index (κ3) is 2.55. The summed E-state index contributed by atoms with van der Waals surface area (Å²) in [5.41, 5.74) is 2.14. The van der Waals surface area contributed by atoms with Gasteiger partial charge in [-0.15, -0.1) is 0 Å². The van der Waals surface area contributed by atoms with Crippen LogP contribution in [0.2, 0.25) is 0 Å². The van der Waals surface area contributed by atoms with Crippen molar-refractivity contribution < 1.29 is 0 Å². The number of hydrogen-bond acceptors (Lipinski definition) is 4. The van der Waals surface area contributed by atoms with Crippen LogP contribution in [0.5, 0.6) is 0 Å². The summed E-state index contributed by atoms with van der Waals surface area (Å²) in [4.78, 5) is 8.57. The van der Waals surface area contributed by atoms with Gasteiger partial charge in [0.25, 0.3) is 0 Å². The third-order valence-corrected chi connectivity index (χ3v) is 3.32. The molecule has 16 heavy (non-hydrogen) atoms. The van der Waals surface area contributed by atoms with Gasteiger partial charge >= 0.3 is 0 Å². The van der Waals surface area contributed by atoms with Gasteiger partial charge in [0.05, 0.1) is 5.69 Å². The number of imidazole rings is 1. The van der Waals surface area contributed by atoms with E-state index >= 15 is 0 Å². The summed E-state index contributed by atoms with van der Waals surface area (Å²) in [7, 11) is 3.90. The first-order valence-corrected chi connectivity index (χ1v) is 6.01. The van der Waals surface area contributed by atoms with Crippen LogP contribution in [0.3, 0.4) is 0 Å². The predicted molar refractivity (Wildman–Crippen MR) is 66.6 cm³/mol. The highest BCUT2D eigenvalue weighted by Crippen LogP contribution is 2.20. The fourth-order valence-corrected chi connectivity index (χ4v) is 2.18. The molecule has 0 bridgehead atoms. The molecule has 2 rings (SSSR count). The number of thioether (sulfide) groups is 1. The minimum atomic E-state index is 0.834. The maximum atomic E-state index is 4.32. The zero-order valence-corrected chi connectivity index (χ0v) is 10.2. The molecule has 0 unspecified atom stereocenters. The average Bonchev–Trinajstić information content (AvgIpc) is 2.72. The second-order valence-corrected chi connectivity index (χ2v) is 4.34. The van der Waals surface area contributed by atoms with E-state index in [1.807, 2.05) is 37.1 Å². The maximum absolute atomic E-state index is 4.32. The van der Waals surface area contributed by atoms with Crippen molar-refractivity contribution in [2.24, 2.45) is 7.05 Å². The molecule has 84 valence electrons. The first-order chi connectivity index (χ1) is 7.79. The van der Waals surface area contributed by atoms with Crippen LogP contribution >= 0.6 is 11.8 Å². The number of pyridine rings is 1. The molecule has 1 N–H and O–H groups in total. The van der Waals surface area contributed by atoms with E-state index in [9.17, 15) is 0 Å². The number of rotatable bonds is 4. The van der Waals surface area contributed by atoms with E-state index in [4.69, 9.17) is 0 Å². The van der Waals surface area contributed by atoms with Gasteiger partial charge in [-0.3, -0.25) is 4.98 Å². The first-order valence-electron chi connectivity index (χ1n) is 5.02. The Bertz CT molecular complexity index is 467. The minimum absolute atomic E-state index is 0.834. The van der Waals surface area contributed by atoms with E-state index < -0.39 is 0 Å². The number of nitrogens with zero attached hydrogens (tertiary/aromatic N) is 3. The lowest BCUT2D eigenvalue weighted by molar-refractivity contribution is 0.789. The Morgan fingerprint density at radius 3 is 2.94 bits per heavy atom. The zero-order valence-electron chi connectivity index (χ0n) is 9.34. The van der Waals surface area contributed by atoms with Crippen molar-refractivity contribution in [1.82, 2.24) is 14.5 Å². The van der Waals surface area contributed by atoms with Gasteiger partial charge in [0.2, 0.25) is 0 Å². The monoisotopic (exact) mass is 234 g/mol. The molecule has 0 saturated heterocycles. The lowest BCUT2D eigenvalue weighted by Gasteiger charge is -2.03. The molecule has 4 nitrogen and oxygen atoms in total. The molecule has 0 saturated carbocycles. The molecule has 2 heterocycles. The lowest BCUT2D eigenvalue weighted by Crippen LogP contribution is -1.94. The Kier molecular flexibility index (Phi) is 3.46. The number of nitrogens with one attached hydrogen (secondary N) is 1. The van der Waals surface area contributed by atoms with E-state index in [0.29, 0.717) is 0 Å². The molecule has 0 atom stereocenters. The average molecular weight is 234 g/mol. The predicted octanol–water partition coefficient (Wildman–Crippen LogP) is 2.15. The van der Waals surface area contributed by atoms with Gasteiger partial charge in [-0.1, -0.05) is 11.8 Å².